The van der Waals surface area contributed by atoms with Crippen molar-refractivity contribution in [3.63, 3.8) is 0 Å². The Kier molecular flexibility index (Phi) is 6.35. The smallest absolute Gasteiger partial charge is 0.233 e. The summed E-state index contributed by atoms with van der Waals surface area (Å²) in [5, 5.41) is 0.755. The van der Waals surface area contributed by atoms with Crippen LogP contribution >= 0.6 is 11.3 Å². The third-order valence-corrected chi connectivity index (χ3v) is 6.65. The van der Waals surface area contributed by atoms with Gasteiger partial charge in [-0.3, -0.25) is 9.69 Å². The summed E-state index contributed by atoms with van der Waals surface area (Å²) in [6.07, 6.45) is 2.43. The lowest BCUT2D eigenvalue weighted by Gasteiger charge is -2.23. The number of carbonyl (C=O) groups excluding carboxylic acids is 1. The fourth-order valence-corrected chi connectivity index (χ4v) is 4.80. The van der Waals surface area contributed by atoms with Crippen LogP contribution in [0, 0.1) is 13.8 Å². The molecule has 0 radical (unpaired) electrons. The Balaban J connectivity index is 1.60. The van der Waals surface area contributed by atoms with Gasteiger partial charge >= 0.3 is 0 Å². The van der Waals surface area contributed by atoms with Gasteiger partial charge in [-0.25, -0.2) is 4.98 Å². The van der Waals surface area contributed by atoms with Crippen molar-refractivity contribution in [3.8, 4) is 5.75 Å². The van der Waals surface area contributed by atoms with Crippen LogP contribution in [-0.2, 0) is 16.0 Å². The zero-order valence-corrected chi connectivity index (χ0v) is 18.6. The first-order chi connectivity index (χ1) is 14.5. The van der Waals surface area contributed by atoms with Crippen LogP contribution in [0.2, 0.25) is 0 Å². The number of rotatable bonds is 7. The van der Waals surface area contributed by atoms with Crippen molar-refractivity contribution < 1.29 is 14.3 Å². The maximum Gasteiger partial charge on any atom is 0.233 e. The Hall–Kier alpha value is -2.44. The van der Waals surface area contributed by atoms with Crippen LogP contribution in [0.25, 0.3) is 10.2 Å². The monoisotopic (exact) mass is 424 g/mol. The molecule has 6 heteroatoms. The molecule has 0 bridgehead atoms. The zero-order chi connectivity index (χ0) is 21.1. The summed E-state index contributed by atoms with van der Waals surface area (Å²) in [5.74, 6) is 0.866. The molecule has 1 aliphatic rings. The van der Waals surface area contributed by atoms with E-state index in [1.165, 1.54) is 11.1 Å². The third kappa shape index (κ3) is 4.50. The topological polar surface area (TPSA) is 51.7 Å². The predicted molar refractivity (Wildman–Crippen MR) is 122 cm³/mol. The van der Waals surface area contributed by atoms with Crippen LogP contribution in [0.4, 0.5) is 5.13 Å². The summed E-state index contributed by atoms with van der Waals surface area (Å²) in [5.41, 5.74) is 4.34. The fourth-order valence-electron chi connectivity index (χ4n) is 3.75. The van der Waals surface area contributed by atoms with Crippen LogP contribution in [0.1, 0.15) is 36.5 Å². The van der Waals surface area contributed by atoms with Gasteiger partial charge in [-0.1, -0.05) is 29.5 Å². The van der Waals surface area contributed by atoms with Crippen molar-refractivity contribution in [1.82, 2.24) is 4.98 Å². The first-order valence-electron chi connectivity index (χ1n) is 10.6. The molecule has 0 spiro atoms. The van der Waals surface area contributed by atoms with E-state index in [1.54, 1.807) is 11.3 Å². The Morgan fingerprint density at radius 1 is 1.23 bits per heavy atom. The molecule has 1 amide bonds. The van der Waals surface area contributed by atoms with E-state index in [9.17, 15) is 4.79 Å². The molecule has 3 aromatic rings. The van der Waals surface area contributed by atoms with E-state index in [-0.39, 0.29) is 12.0 Å². The van der Waals surface area contributed by atoms with Gasteiger partial charge in [-0.2, -0.15) is 0 Å². The lowest BCUT2D eigenvalue weighted by Crippen LogP contribution is -2.38. The summed E-state index contributed by atoms with van der Waals surface area (Å²) < 4.78 is 12.4. The summed E-state index contributed by atoms with van der Waals surface area (Å²) in [7, 11) is 0. The van der Waals surface area contributed by atoms with Gasteiger partial charge in [0.15, 0.2) is 5.13 Å². The number of ether oxygens (including phenoxy) is 2. The number of thiazole rings is 1. The van der Waals surface area contributed by atoms with Gasteiger partial charge in [-0.15, -0.1) is 0 Å². The lowest BCUT2D eigenvalue weighted by molar-refractivity contribution is -0.118. The summed E-state index contributed by atoms with van der Waals surface area (Å²) in [4.78, 5) is 20.0. The summed E-state index contributed by atoms with van der Waals surface area (Å²) in [6.45, 7) is 8.09. The van der Waals surface area contributed by atoms with Gasteiger partial charge in [0.2, 0.25) is 5.91 Å². The maximum atomic E-state index is 13.3. The molecule has 0 unspecified atom stereocenters. The summed E-state index contributed by atoms with van der Waals surface area (Å²) >= 11 is 1.58. The second-order valence-corrected chi connectivity index (χ2v) is 8.75. The molecule has 2 heterocycles. The number of amides is 1. The van der Waals surface area contributed by atoms with Gasteiger partial charge in [0, 0.05) is 6.61 Å². The molecule has 0 saturated carbocycles. The van der Waals surface area contributed by atoms with E-state index in [0.29, 0.717) is 19.6 Å². The number of anilines is 1. The molecular formula is C24H28N2O3S. The maximum absolute atomic E-state index is 13.3. The molecule has 1 saturated heterocycles. The number of benzene rings is 2. The molecule has 0 N–H and O–H groups in total. The Morgan fingerprint density at radius 3 is 2.73 bits per heavy atom. The molecule has 1 aliphatic heterocycles. The van der Waals surface area contributed by atoms with Crippen molar-refractivity contribution in [2.45, 2.75) is 46.1 Å². The number of aromatic nitrogens is 1. The first-order valence-corrected chi connectivity index (χ1v) is 11.4. The second kappa shape index (κ2) is 9.14. The number of fused-ring (bicyclic) bond motifs is 1. The molecule has 1 fully saturated rings. The highest BCUT2D eigenvalue weighted by molar-refractivity contribution is 7.22. The van der Waals surface area contributed by atoms with Crippen molar-refractivity contribution >= 4 is 32.6 Å². The number of carbonyl (C=O) groups is 1. The number of nitrogens with zero attached hydrogens (tertiary/aromatic N) is 2. The van der Waals surface area contributed by atoms with Crippen molar-refractivity contribution in [3.05, 3.63) is 53.1 Å². The van der Waals surface area contributed by atoms with Gasteiger partial charge in [-0.05, 0) is 68.5 Å². The highest BCUT2D eigenvalue weighted by atomic mass is 32.1. The number of hydrogen-bond acceptors (Lipinski definition) is 5. The largest absolute Gasteiger partial charge is 0.494 e. The van der Waals surface area contributed by atoms with Gasteiger partial charge in [0.25, 0.3) is 0 Å². The van der Waals surface area contributed by atoms with E-state index in [1.807, 2.05) is 36.1 Å². The van der Waals surface area contributed by atoms with Gasteiger partial charge in [0.1, 0.15) is 5.75 Å². The Morgan fingerprint density at radius 2 is 2.03 bits per heavy atom. The van der Waals surface area contributed by atoms with Crippen molar-refractivity contribution in [2.75, 3.05) is 24.7 Å². The third-order valence-electron chi connectivity index (χ3n) is 5.61. The Labute approximate surface area is 181 Å². The minimum atomic E-state index is 0.0445. The van der Waals surface area contributed by atoms with Crippen LogP contribution < -0.4 is 9.64 Å². The molecule has 0 aliphatic carbocycles. The minimum Gasteiger partial charge on any atom is -0.494 e. The number of hydrogen-bond donors (Lipinski definition) is 0. The van der Waals surface area contributed by atoms with Crippen LogP contribution in [0.15, 0.2) is 36.4 Å². The highest BCUT2D eigenvalue weighted by Crippen LogP contribution is 2.33. The quantitative estimate of drug-likeness (QED) is 0.532. The van der Waals surface area contributed by atoms with Crippen LogP contribution in [0.5, 0.6) is 5.75 Å². The van der Waals surface area contributed by atoms with E-state index in [4.69, 9.17) is 14.5 Å². The zero-order valence-electron chi connectivity index (χ0n) is 17.8. The molecule has 4 rings (SSSR count). The van der Waals surface area contributed by atoms with Gasteiger partial charge < -0.3 is 9.47 Å². The molecule has 1 atom stereocenters. The SMILES string of the molecule is CCOc1ccc(CC(=O)N(C[C@H]2CCCO2)c2nc3c(C)c(C)ccc3s2)cc1. The molecular weight excluding hydrogens is 396 g/mol. The van der Waals surface area contributed by atoms with Gasteiger partial charge in [0.05, 0.1) is 35.9 Å². The van der Waals surface area contributed by atoms with E-state index in [0.717, 1.165) is 46.1 Å². The lowest BCUT2D eigenvalue weighted by atomic mass is 10.1. The first kappa shape index (κ1) is 20.8. The second-order valence-electron chi connectivity index (χ2n) is 7.74. The predicted octanol–water partition coefficient (Wildman–Crippen LogP) is 5.07. The van der Waals surface area contributed by atoms with E-state index < -0.39 is 0 Å². The van der Waals surface area contributed by atoms with Crippen molar-refractivity contribution in [1.29, 1.82) is 0 Å². The van der Waals surface area contributed by atoms with E-state index >= 15 is 0 Å². The Bertz CT molecular complexity index is 1020. The minimum absolute atomic E-state index is 0.0445. The normalized spacial score (nSPS) is 16.2. The molecule has 5 nitrogen and oxygen atoms in total. The molecule has 1 aromatic heterocycles. The average molecular weight is 425 g/mol. The van der Waals surface area contributed by atoms with E-state index in [2.05, 4.69) is 26.0 Å². The standard InChI is InChI=1S/C24H28N2O3S/c1-4-28-19-10-8-18(9-11-19)14-22(27)26(15-20-6-5-13-29-20)24-25-23-17(3)16(2)7-12-21(23)30-24/h7-12,20H,4-6,13-15H2,1-3H3/t20-/m1/s1. The van der Waals surface area contributed by atoms with Crippen LogP contribution in [0.3, 0.4) is 0 Å². The summed E-state index contributed by atoms with van der Waals surface area (Å²) in [6, 6.07) is 12.0. The average Bonchev–Trinajstić information content (AvgIpc) is 3.40. The number of aryl methyl sites for hydroxylation is 2. The molecule has 158 valence electrons. The van der Waals surface area contributed by atoms with Crippen LogP contribution in [-0.4, -0.2) is 36.8 Å². The van der Waals surface area contributed by atoms with Crippen molar-refractivity contribution in [2.24, 2.45) is 0 Å². The molecule has 2 aromatic carbocycles. The highest BCUT2D eigenvalue weighted by Gasteiger charge is 2.26. The molecule has 30 heavy (non-hydrogen) atoms. The fraction of sp³-hybridized carbons (Fsp3) is 0.417.